The lowest BCUT2D eigenvalue weighted by Crippen LogP contribution is -2.26. The maximum absolute atomic E-state index is 13.3. The van der Waals surface area contributed by atoms with Crippen LogP contribution in [0.1, 0.15) is 21.6 Å². The van der Waals surface area contributed by atoms with E-state index < -0.39 is 0 Å². The highest BCUT2D eigenvalue weighted by atomic mass is 16.2. The van der Waals surface area contributed by atoms with Gasteiger partial charge >= 0.3 is 0 Å². The number of aryl methyl sites for hydroxylation is 2. The van der Waals surface area contributed by atoms with Gasteiger partial charge in [-0.25, -0.2) is 9.50 Å². The smallest absolute Gasteiger partial charge is 0.257 e. The lowest BCUT2D eigenvalue weighted by Gasteiger charge is -2.17. The standard InChI is InChI=1S/C25H23N7O.CH3NO/c1-17-9-10-18(14-26-17)16-30(2)25(33)21-15-27-31(3)23(21)20-11-12-32-22(13-20)28-24(29-32)19-7-5-4-6-8-19;2-1-3/h4-15H,16H2,1-3H3;1H,(H2,2,3). The largest absolute Gasteiger partial charge is 0.372 e. The average molecular weight is 483 g/mol. The van der Waals surface area contributed by atoms with Gasteiger partial charge < -0.3 is 10.6 Å². The Morgan fingerprint density at radius 2 is 1.83 bits per heavy atom. The fourth-order valence-corrected chi connectivity index (χ4v) is 3.82. The van der Waals surface area contributed by atoms with Crippen LogP contribution >= 0.6 is 0 Å². The van der Waals surface area contributed by atoms with Crippen LogP contribution in [0.5, 0.6) is 0 Å². The van der Waals surface area contributed by atoms with Crippen LogP contribution in [0, 0.1) is 6.92 Å². The van der Waals surface area contributed by atoms with Gasteiger partial charge in [0, 0.05) is 49.9 Å². The van der Waals surface area contributed by atoms with E-state index in [9.17, 15) is 4.79 Å². The van der Waals surface area contributed by atoms with Crippen molar-refractivity contribution < 1.29 is 9.59 Å². The molecule has 1 aromatic carbocycles. The van der Waals surface area contributed by atoms with E-state index in [-0.39, 0.29) is 12.3 Å². The number of primary amides is 1. The van der Waals surface area contributed by atoms with Crippen molar-refractivity contribution in [1.82, 2.24) is 34.3 Å². The minimum atomic E-state index is -0.106. The molecule has 0 bridgehead atoms. The van der Waals surface area contributed by atoms with Crippen molar-refractivity contribution in [3.05, 3.63) is 90.0 Å². The van der Waals surface area contributed by atoms with Crippen LogP contribution < -0.4 is 5.73 Å². The number of hydrogen-bond acceptors (Lipinski definition) is 6. The fraction of sp³-hybridized carbons (Fsp3) is 0.154. The van der Waals surface area contributed by atoms with Crippen molar-refractivity contribution in [3.63, 3.8) is 0 Å². The molecular weight excluding hydrogens is 456 g/mol. The monoisotopic (exact) mass is 482 g/mol. The Kier molecular flexibility index (Phi) is 7.15. The molecule has 2 amide bonds. The van der Waals surface area contributed by atoms with Gasteiger partial charge in [0.2, 0.25) is 6.41 Å². The number of carbonyl (C=O) groups excluding carboxylic acids is 2. The molecule has 2 N–H and O–H groups in total. The van der Waals surface area contributed by atoms with Gasteiger partial charge in [0.25, 0.3) is 5.91 Å². The summed E-state index contributed by atoms with van der Waals surface area (Å²) in [4.78, 5) is 32.5. The van der Waals surface area contributed by atoms with Crippen LogP contribution in [-0.4, -0.2) is 53.6 Å². The highest BCUT2D eigenvalue weighted by Gasteiger charge is 2.22. The predicted molar refractivity (Wildman–Crippen MR) is 136 cm³/mol. The average Bonchev–Trinajstić information content (AvgIpc) is 3.49. The number of nitrogens with zero attached hydrogens (tertiary/aromatic N) is 7. The summed E-state index contributed by atoms with van der Waals surface area (Å²) in [5.41, 5.74) is 9.86. The second kappa shape index (κ2) is 10.6. The summed E-state index contributed by atoms with van der Waals surface area (Å²) in [6.07, 6.45) is 5.52. The van der Waals surface area contributed by atoms with Gasteiger partial charge in [-0.2, -0.15) is 5.10 Å². The third kappa shape index (κ3) is 5.12. The summed E-state index contributed by atoms with van der Waals surface area (Å²) >= 11 is 0. The molecule has 0 radical (unpaired) electrons. The van der Waals surface area contributed by atoms with Crippen LogP contribution in [0.2, 0.25) is 0 Å². The molecule has 4 heterocycles. The molecule has 10 heteroatoms. The number of hydrogen-bond donors (Lipinski definition) is 1. The molecule has 4 aromatic heterocycles. The molecule has 5 aromatic rings. The van der Waals surface area contributed by atoms with Crippen molar-refractivity contribution in [2.24, 2.45) is 12.8 Å². The molecule has 0 saturated heterocycles. The van der Waals surface area contributed by atoms with E-state index in [4.69, 9.17) is 4.79 Å². The van der Waals surface area contributed by atoms with E-state index in [2.05, 4.69) is 25.9 Å². The molecule has 182 valence electrons. The molecule has 0 spiro atoms. The van der Waals surface area contributed by atoms with Crippen molar-refractivity contribution >= 4 is 18.0 Å². The Labute approximate surface area is 208 Å². The summed E-state index contributed by atoms with van der Waals surface area (Å²) in [6.45, 7) is 2.40. The van der Waals surface area contributed by atoms with E-state index >= 15 is 0 Å². The topological polar surface area (TPSA) is 124 Å². The number of aromatic nitrogens is 6. The van der Waals surface area contributed by atoms with Crippen LogP contribution in [-0.2, 0) is 18.4 Å². The van der Waals surface area contributed by atoms with E-state index in [1.165, 1.54) is 0 Å². The maximum atomic E-state index is 13.3. The minimum absolute atomic E-state index is 0.106. The number of carbonyl (C=O) groups is 2. The molecule has 0 fully saturated rings. The number of amides is 2. The number of nitrogens with two attached hydrogens (primary N) is 1. The van der Waals surface area contributed by atoms with E-state index in [0.29, 0.717) is 23.6 Å². The van der Waals surface area contributed by atoms with Crippen molar-refractivity contribution in [3.8, 4) is 22.6 Å². The molecule has 0 aliphatic rings. The molecular formula is C26H26N8O2. The Bertz CT molecular complexity index is 1490. The lowest BCUT2D eigenvalue weighted by molar-refractivity contribution is -0.106. The highest BCUT2D eigenvalue weighted by Crippen LogP contribution is 2.26. The summed E-state index contributed by atoms with van der Waals surface area (Å²) < 4.78 is 3.45. The Balaban J connectivity index is 0.000000967. The Hall–Kier alpha value is -4.86. The Morgan fingerprint density at radius 1 is 1.08 bits per heavy atom. The summed E-state index contributed by atoms with van der Waals surface area (Å²) in [5.74, 6) is 0.547. The van der Waals surface area contributed by atoms with Crippen molar-refractivity contribution in [2.45, 2.75) is 13.5 Å². The van der Waals surface area contributed by atoms with Crippen LogP contribution in [0.25, 0.3) is 28.3 Å². The van der Waals surface area contributed by atoms with Gasteiger partial charge in [-0.15, -0.1) is 5.10 Å². The van der Waals surface area contributed by atoms with E-state index in [0.717, 1.165) is 28.1 Å². The zero-order valence-electron chi connectivity index (χ0n) is 20.2. The van der Waals surface area contributed by atoms with Crippen LogP contribution in [0.4, 0.5) is 0 Å². The van der Waals surface area contributed by atoms with Crippen LogP contribution in [0.3, 0.4) is 0 Å². The Morgan fingerprint density at radius 3 is 2.53 bits per heavy atom. The second-order valence-corrected chi connectivity index (χ2v) is 8.16. The predicted octanol–water partition coefficient (Wildman–Crippen LogP) is 2.87. The maximum Gasteiger partial charge on any atom is 0.257 e. The first kappa shape index (κ1) is 24.3. The number of pyridine rings is 2. The van der Waals surface area contributed by atoms with Crippen molar-refractivity contribution in [2.75, 3.05) is 7.05 Å². The fourth-order valence-electron chi connectivity index (χ4n) is 3.82. The molecule has 0 saturated carbocycles. The van der Waals surface area contributed by atoms with Gasteiger partial charge in [-0.1, -0.05) is 36.4 Å². The second-order valence-electron chi connectivity index (χ2n) is 8.16. The van der Waals surface area contributed by atoms with Gasteiger partial charge in [-0.3, -0.25) is 19.3 Å². The number of benzene rings is 1. The van der Waals surface area contributed by atoms with Gasteiger partial charge in [0.1, 0.15) is 0 Å². The third-order valence-corrected chi connectivity index (χ3v) is 5.55. The zero-order chi connectivity index (χ0) is 25.7. The molecule has 0 unspecified atom stereocenters. The summed E-state index contributed by atoms with van der Waals surface area (Å²) in [5, 5.41) is 8.93. The quantitative estimate of drug-likeness (QED) is 0.384. The zero-order valence-corrected chi connectivity index (χ0v) is 20.2. The van der Waals surface area contributed by atoms with Gasteiger partial charge in [-0.05, 0) is 30.7 Å². The van der Waals surface area contributed by atoms with E-state index in [1.54, 1.807) is 33.5 Å². The molecule has 0 aliphatic heterocycles. The minimum Gasteiger partial charge on any atom is -0.372 e. The first-order valence-electron chi connectivity index (χ1n) is 11.2. The SMILES string of the molecule is Cc1ccc(CN(C)C(=O)c2cnn(C)c2-c2ccn3nc(-c4ccccc4)nc3c2)cn1.NC=O. The van der Waals surface area contributed by atoms with E-state index in [1.807, 2.05) is 74.8 Å². The molecule has 0 atom stereocenters. The summed E-state index contributed by atoms with van der Waals surface area (Å²) in [7, 11) is 3.62. The molecule has 36 heavy (non-hydrogen) atoms. The number of fused-ring (bicyclic) bond motifs is 1. The summed E-state index contributed by atoms with van der Waals surface area (Å²) in [6, 6.07) is 17.6. The number of rotatable bonds is 5. The van der Waals surface area contributed by atoms with Gasteiger partial charge in [0.05, 0.1) is 17.5 Å². The molecule has 5 rings (SSSR count). The normalized spacial score (nSPS) is 10.5. The third-order valence-electron chi connectivity index (χ3n) is 5.55. The van der Waals surface area contributed by atoms with Crippen LogP contribution in [0.15, 0.2) is 73.2 Å². The first-order valence-corrected chi connectivity index (χ1v) is 11.2. The van der Waals surface area contributed by atoms with Crippen molar-refractivity contribution in [1.29, 1.82) is 0 Å². The lowest BCUT2D eigenvalue weighted by atomic mass is 10.1. The first-order chi connectivity index (χ1) is 17.4. The van der Waals surface area contributed by atoms with Gasteiger partial charge in [0.15, 0.2) is 11.5 Å². The molecule has 10 nitrogen and oxygen atoms in total. The molecule has 0 aliphatic carbocycles. The highest BCUT2D eigenvalue weighted by molar-refractivity contribution is 6.00.